The number of hydrogen-bond acceptors (Lipinski definition) is 6. The molecule has 0 atom stereocenters. The van der Waals surface area contributed by atoms with Crippen LogP contribution >= 0.6 is 11.6 Å². The molecule has 0 aliphatic rings. The number of carboxylic acids is 1. The van der Waals surface area contributed by atoms with Crippen molar-refractivity contribution in [1.82, 2.24) is 4.98 Å². The number of rotatable bonds is 5. The van der Waals surface area contributed by atoms with Crippen molar-refractivity contribution >= 4 is 39.0 Å². The van der Waals surface area contributed by atoms with Gasteiger partial charge < -0.3 is 5.11 Å². The van der Waals surface area contributed by atoms with Gasteiger partial charge in [-0.05, 0) is 18.6 Å². The summed E-state index contributed by atoms with van der Waals surface area (Å²) in [6.07, 6.45) is 1.01. The van der Waals surface area contributed by atoms with Crippen molar-refractivity contribution in [2.24, 2.45) is 0 Å². The fraction of sp³-hybridized carbons (Fsp3) is 0.0769. The van der Waals surface area contributed by atoms with Gasteiger partial charge in [0.2, 0.25) is 0 Å². The Bertz CT molecular complexity index is 945. The van der Waals surface area contributed by atoms with E-state index < -0.39 is 37.1 Å². The maximum atomic E-state index is 12.5. The summed E-state index contributed by atoms with van der Waals surface area (Å²) in [6, 6.07) is 4.80. The first-order valence-electron chi connectivity index (χ1n) is 6.29. The van der Waals surface area contributed by atoms with Gasteiger partial charge in [0.15, 0.2) is 4.90 Å². The van der Waals surface area contributed by atoms with E-state index in [0.717, 1.165) is 18.3 Å². The van der Waals surface area contributed by atoms with Crippen LogP contribution in [0.15, 0.2) is 35.4 Å². The number of hydrogen-bond donors (Lipinski definition) is 2. The molecule has 1 heterocycles. The minimum Gasteiger partial charge on any atom is -0.478 e. The maximum absolute atomic E-state index is 12.5. The van der Waals surface area contributed by atoms with Crippen molar-refractivity contribution in [2.75, 3.05) is 4.72 Å². The molecule has 0 saturated carbocycles. The highest BCUT2D eigenvalue weighted by atomic mass is 35.5. The van der Waals surface area contributed by atoms with E-state index in [-0.39, 0.29) is 16.4 Å². The molecule has 0 aliphatic carbocycles. The second-order valence-corrected chi connectivity index (χ2v) is 6.63. The van der Waals surface area contributed by atoms with E-state index in [1.54, 1.807) is 0 Å². The number of benzene rings is 1. The number of carbonyl (C=O) groups is 1. The van der Waals surface area contributed by atoms with Crippen LogP contribution in [0.25, 0.3) is 0 Å². The Labute approximate surface area is 141 Å². The Morgan fingerprint density at radius 2 is 2.08 bits per heavy atom. The Hall–Kier alpha value is -2.72. The lowest BCUT2D eigenvalue weighted by atomic mass is 10.2. The standard InChI is InChI=1S/C13H10ClN3O6S/c1-7-3-2-4-10(17(20)21)11(7)24(22,23)16-8-5-9(13(18)19)12(14)15-6-8/h2-6,16H,1H3,(H,18,19). The SMILES string of the molecule is Cc1cccc([N+](=O)[O-])c1S(=O)(=O)Nc1cnc(Cl)c(C(=O)O)c1. The van der Waals surface area contributed by atoms with E-state index in [2.05, 4.69) is 9.71 Å². The summed E-state index contributed by atoms with van der Waals surface area (Å²) in [5.74, 6) is -1.39. The zero-order chi connectivity index (χ0) is 18.1. The molecule has 0 spiro atoms. The molecule has 2 rings (SSSR count). The molecule has 126 valence electrons. The third kappa shape index (κ3) is 3.44. The van der Waals surface area contributed by atoms with E-state index in [4.69, 9.17) is 16.7 Å². The zero-order valence-corrected chi connectivity index (χ0v) is 13.6. The molecule has 0 aliphatic heterocycles. The summed E-state index contributed by atoms with van der Waals surface area (Å²) in [6.45, 7) is 1.41. The number of carboxylic acid groups (broad SMARTS) is 1. The summed E-state index contributed by atoms with van der Waals surface area (Å²) in [5, 5.41) is 19.7. The molecule has 2 aromatic rings. The number of halogens is 1. The maximum Gasteiger partial charge on any atom is 0.338 e. The van der Waals surface area contributed by atoms with E-state index >= 15 is 0 Å². The summed E-state index contributed by atoms with van der Waals surface area (Å²) in [5.41, 5.74) is -1.02. The number of sulfonamides is 1. The van der Waals surface area contributed by atoms with Crippen LogP contribution in [0.4, 0.5) is 11.4 Å². The van der Waals surface area contributed by atoms with Crippen LogP contribution < -0.4 is 4.72 Å². The third-order valence-corrected chi connectivity index (χ3v) is 4.85. The molecule has 9 nitrogen and oxygen atoms in total. The molecule has 2 N–H and O–H groups in total. The number of aromatic nitrogens is 1. The number of aryl methyl sites for hydroxylation is 1. The van der Waals surface area contributed by atoms with Gasteiger partial charge >= 0.3 is 5.97 Å². The lowest BCUT2D eigenvalue weighted by Gasteiger charge is -2.11. The van der Waals surface area contributed by atoms with Gasteiger partial charge in [-0.1, -0.05) is 23.7 Å². The van der Waals surface area contributed by atoms with Crippen molar-refractivity contribution < 1.29 is 23.2 Å². The van der Waals surface area contributed by atoms with Crippen molar-refractivity contribution in [1.29, 1.82) is 0 Å². The largest absolute Gasteiger partial charge is 0.478 e. The normalized spacial score (nSPS) is 11.1. The Balaban J connectivity index is 2.53. The molecule has 0 saturated heterocycles. The summed E-state index contributed by atoms with van der Waals surface area (Å²) >= 11 is 5.61. The molecule has 1 aromatic carbocycles. The van der Waals surface area contributed by atoms with E-state index in [0.29, 0.717) is 0 Å². The van der Waals surface area contributed by atoms with Gasteiger partial charge in [-0.2, -0.15) is 0 Å². The second kappa shape index (κ2) is 6.42. The number of nitrogens with one attached hydrogen (secondary N) is 1. The van der Waals surface area contributed by atoms with Gasteiger partial charge in [0.1, 0.15) is 5.15 Å². The number of pyridine rings is 1. The zero-order valence-electron chi connectivity index (χ0n) is 12.1. The summed E-state index contributed by atoms with van der Waals surface area (Å²) < 4.78 is 27.1. The lowest BCUT2D eigenvalue weighted by molar-refractivity contribution is -0.387. The molecule has 1 aromatic heterocycles. The minimum absolute atomic E-state index is 0.164. The van der Waals surface area contributed by atoms with Crippen molar-refractivity contribution in [3.05, 3.63) is 56.9 Å². The molecule has 0 amide bonds. The van der Waals surface area contributed by atoms with Gasteiger partial charge in [0, 0.05) is 6.07 Å². The first-order valence-corrected chi connectivity index (χ1v) is 8.15. The van der Waals surface area contributed by atoms with E-state index in [9.17, 15) is 23.3 Å². The van der Waals surface area contributed by atoms with Crippen LogP contribution in [0.2, 0.25) is 5.15 Å². The molecule has 0 fully saturated rings. The van der Waals surface area contributed by atoms with Gasteiger partial charge in [-0.15, -0.1) is 0 Å². The highest BCUT2D eigenvalue weighted by Gasteiger charge is 2.28. The van der Waals surface area contributed by atoms with Gasteiger partial charge in [-0.25, -0.2) is 18.2 Å². The van der Waals surface area contributed by atoms with Crippen molar-refractivity contribution in [2.45, 2.75) is 11.8 Å². The Kier molecular flexibility index (Phi) is 4.71. The predicted octanol–water partition coefficient (Wildman–Crippen LogP) is 2.45. The number of nitro groups is 1. The third-order valence-electron chi connectivity index (χ3n) is 2.98. The molecular weight excluding hydrogens is 362 g/mol. The van der Waals surface area contributed by atoms with Crippen LogP contribution in [0.5, 0.6) is 0 Å². The topological polar surface area (TPSA) is 140 Å². The van der Waals surface area contributed by atoms with E-state index in [1.165, 1.54) is 19.1 Å². The highest BCUT2D eigenvalue weighted by Crippen LogP contribution is 2.29. The van der Waals surface area contributed by atoms with Crippen LogP contribution in [0, 0.1) is 17.0 Å². The fourth-order valence-electron chi connectivity index (χ4n) is 1.99. The molecular formula is C13H10ClN3O6S. The molecule has 24 heavy (non-hydrogen) atoms. The van der Waals surface area contributed by atoms with Crippen LogP contribution in [-0.2, 0) is 10.0 Å². The fourth-order valence-corrected chi connectivity index (χ4v) is 3.61. The van der Waals surface area contributed by atoms with Crippen LogP contribution in [0.3, 0.4) is 0 Å². The van der Waals surface area contributed by atoms with E-state index in [1.807, 2.05) is 0 Å². The van der Waals surface area contributed by atoms with Crippen LogP contribution in [0.1, 0.15) is 15.9 Å². The van der Waals surface area contributed by atoms with Gasteiger partial charge in [0.05, 0.1) is 22.4 Å². The molecule has 0 unspecified atom stereocenters. The number of nitro benzene ring substituents is 1. The first-order chi connectivity index (χ1) is 11.1. The second-order valence-electron chi connectivity index (χ2n) is 4.65. The van der Waals surface area contributed by atoms with Gasteiger partial charge in [-0.3, -0.25) is 14.8 Å². The Morgan fingerprint density at radius 1 is 1.42 bits per heavy atom. The molecule has 11 heteroatoms. The number of aromatic carboxylic acids is 1. The molecule has 0 radical (unpaired) electrons. The quantitative estimate of drug-likeness (QED) is 0.467. The summed E-state index contributed by atoms with van der Waals surface area (Å²) in [4.78, 5) is 24.3. The summed E-state index contributed by atoms with van der Waals surface area (Å²) in [7, 11) is -4.34. The first kappa shape index (κ1) is 17.6. The Morgan fingerprint density at radius 3 is 2.67 bits per heavy atom. The smallest absolute Gasteiger partial charge is 0.338 e. The number of nitrogens with zero attached hydrogens (tertiary/aromatic N) is 2. The number of anilines is 1. The average Bonchev–Trinajstić information content (AvgIpc) is 2.48. The minimum atomic E-state index is -4.34. The van der Waals surface area contributed by atoms with Gasteiger partial charge in [0.25, 0.3) is 15.7 Å². The van der Waals surface area contributed by atoms with Crippen molar-refractivity contribution in [3.8, 4) is 0 Å². The monoisotopic (exact) mass is 371 g/mol. The molecule has 0 bridgehead atoms. The highest BCUT2D eigenvalue weighted by molar-refractivity contribution is 7.93. The van der Waals surface area contributed by atoms with Crippen LogP contribution in [-0.4, -0.2) is 29.4 Å². The average molecular weight is 372 g/mol. The lowest BCUT2D eigenvalue weighted by Crippen LogP contribution is -2.16. The predicted molar refractivity (Wildman–Crippen MR) is 84.8 cm³/mol. The van der Waals surface area contributed by atoms with Crippen molar-refractivity contribution in [3.63, 3.8) is 0 Å².